The number of amides is 2. The zero-order chi connectivity index (χ0) is 25.4. The van der Waals surface area contributed by atoms with E-state index in [2.05, 4.69) is 37.8 Å². The summed E-state index contributed by atoms with van der Waals surface area (Å²) in [6, 6.07) is 8.35. The third-order valence-electron chi connectivity index (χ3n) is 7.33. The number of piperidine rings is 1. The fourth-order valence-electron chi connectivity index (χ4n) is 5.41. The molecular weight excluding hydrogens is 458 g/mol. The molecule has 0 atom stereocenters. The molecule has 4 rings (SSSR count). The second-order valence-corrected chi connectivity index (χ2v) is 10.2. The standard InChI is InChI=1S/C27H39N5O4/c1-20(33)30-27(14-5-3-4-6-15-27)26-29-25(36-31-26)11-10-24(34)28-22-12-16-32(17-13-22)19-21-8-7-9-23(18-21)35-2/h7-9,18,22H,3-6,10-17,19H2,1-2H3,(H,28,34)(H,30,33). The van der Waals surface area contributed by atoms with Crippen molar-refractivity contribution in [2.24, 2.45) is 0 Å². The molecule has 1 aromatic carbocycles. The van der Waals surface area contributed by atoms with E-state index in [1.165, 1.54) is 12.5 Å². The van der Waals surface area contributed by atoms with E-state index in [0.717, 1.165) is 76.8 Å². The lowest BCUT2D eigenvalue weighted by atomic mass is 9.89. The first-order valence-electron chi connectivity index (χ1n) is 13.2. The number of nitrogens with one attached hydrogen (secondary N) is 2. The van der Waals surface area contributed by atoms with E-state index in [1.807, 2.05) is 12.1 Å². The predicted molar refractivity (Wildman–Crippen MR) is 135 cm³/mol. The SMILES string of the molecule is COc1cccc(CN2CCC(NC(=O)CCc3nc(C4(NC(C)=O)CCCCCC4)no3)CC2)c1. The highest BCUT2D eigenvalue weighted by Gasteiger charge is 2.38. The molecular formula is C27H39N5O4. The molecule has 0 radical (unpaired) electrons. The average Bonchev–Trinajstić information content (AvgIpc) is 3.24. The van der Waals surface area contributed by atoms with E-state index in [4.69, 9.17) is 9.26 Å². The molecule has 1 saturated heterocycles. The topological polar surface area (TPSA) is 110 Å². The molecule has 0 bridgehead atoms. The number of ether oxygens (including phenoxy) is 1. The average molecular weight is 498 g/mol. The first-order chi connectivity index (χ1) is 17.5. The monoisotopic (exact) mass is 497 g/mol. The summed E-state index contributed by atoms with van der Waals surface area (Å²) in [7, 11) is 1.69. The fraction of sp³-hybridized carbons (Fsp3) is 0.630. The lowest BCUT2D eigenvalue weighted by Gasteiger charge is -2.32. The van der Waals surface area contributed by atoms with Crippen molar-refractivity contribution in [2.75, 3.05) is 20.2 Å². The third kappa shape index (κ3) is 7.06. The number of carbonyl (C=O) groups excluding carboxylic acids is 2. The van der Waals surface area contributed by atoms with Crippen molar-refractivity contribution in [1.29, 1.82) is 0 Å². The maximum Gasteiger partial charge on any atom is 0.227 e. The highest BCUT2D eigenvalue weighted by Crippen LogP contribution is 2.34. The van der Waals surface area contributed by atoms with Crippen LogP contribution in [0.15, 0.2) is 28.8 Å². The Balaban J connectivity index is 1.23. The Labute approximate surface area is 213 Å². The largest absolute Gasteiger partial charge is 0.497 e. The van der Waals surface area contributed by atoms with Crippen LogP contribution in [0.4, 0.5) is 0 Å². The van der Waals surface area contributed by atoms with E-state index < -0.39 is 5.54 Å². The second kappa shape index (κ2) is 12.3. The Morgan fingerprint density at radius 2 is 1.92 bits per heavy atom. The Hall–Kier alpha value is -2.94. The van der Waals surface area contributed by atoms with Crippen LogP contribution in [-0.2, 0) is 28.1 Å². The minimum atomic E-state index is -0.564. The normalized spacial score (nSPS) is 18.8. The summed E-state index contributed by atoms with van der Waals surface area (Å²) in [5, 5.41) is 10.5. The number of hydrogen-bond donors (Lipinski definition) is 2. The Kier molecular flexibility index (Phi) is 8.96. The van der Waals surface area contributed by atoms with Crippen LogP contribution in [0.1, 0.15) is 82.0 Å². The second-order valence-electron chi connectivity index (χ2n) is 10.2. The van der Waals surface area contributed by atoms with Gasteiger partial charge in [-0.05, 0) is 43.4 Å². The summed E-state index contributed by atoms with van der Waals surface area (Å²) in [5.41, 5.74) is 0.672. The molecule has 1 aliphatic heterocycles. The molecule has 2 N–H and O–H groups in total. The summed E-state index contributed by atoms with van der Waals surface area (Å²) in [6.45, 7) is 4.30. The Morgan fingerprint density at radius 1 is 1.17 bits per heavy atom. The number of carbonyl (C=O) groups is 2. The number of nitrogens with zero attached hydrogens (tertiary/aromatic N) is 3. The van der Waals surface area contributed by atoms with Gasteiger partial charge in [-0.2, -0.15) is 4.98 Å². The van der Waals surface area contributed by atoms with Gasteiger partial charge in [0.25, 0.3) is 0 Å². The number of rotatable bonds is 9. The summed E-state index contributed by atoms with van der Waals surface area (Å²) < 4.78 is 10.8. The van der Waals surface area contributed by atoms with Crippen molar-refractivity contribution < 1.29 is 18.8 Å². The Morgan fingerprint density at radius 3 is 2.61 bits per heavy atom. The van der Waals surface area contributed by atoms with Gasteiger partial charge >= 0.3 is 0 Å². The van der Waals surface area contributed by atoms with Crippen LogP contribution in [0.2, 0.25) is 0 Å². The number of benzene rings is 1. The van der Waals surface area contributed by atoms with Crippen LogP contribution < -0.4 is 15.4 Å². The molecule has 1 aliphatic carbocycles. The van der Waals surface area contributed by atoms with Crippen LogP contribution >= 0.6 is 0 Å². The molecule has 2 amide bonds. The Bertz CT molecular complexity index is 1010. The van der Waals surface area contributed by atoms with Gasteiger partial charge in [0, 0.05) is 45.4 Å². The van der Waals surface area contributed by atoms with E-state index >= 15 is 0 Å². The van der Waals surface area contributed by atoms with Crippen LogP contribution in [0, 0.1) is 0 Å². The van der Waals surface area contributed by atoms with Crippen LogP contribution in [-0.4, -0.2) is 53.1 Å². The smallest absolute Gasteiger partial charge is 0.227 e. The minimum Gasteiger partial charge on any atom is -0.497 e. The van der Waals surface area contributed by atoms with Gasteiger partial charge in [-0.15, -0.1) is 0 Å². The maximum atomic E-state index is 12.6. The van der Waals surface area contributed by atoms with Crippen molar-refractivity contribution in [1.82, 2.24) is 25.7 Å². The molecule has 2 heterocycles. The van der Waals surface area contributed by atoms with Crippen LogP contribution in [0.25, 0.3) is 0 Å². The fourth-order valence-corrected chi connectivity index (χ4v) is 5.41. The predicted octanol–water partition coefficient (Wildman–Crippen LogP) is 3.48. The first-order valence-corrected chi connectivity index (χ1v) is 13.2. The van der Waals surface area contributed by atoms with Crippen LogP contribution in [0.5, 0.6) is 5.75 Å². The van der Waals surface area contributed by atoms with E-state index in [-0.39, 0.29) is 17.9 Å². The number of aryl methyl sites for hydroxylation is 1. The molecule has 9 nitrogen and oxygen atoms in total. The van der Waals surface area contributed by atoms with Crippen LogP contribution in [0.3, 0.4) is 0 Å². The van der Waals surface area contributed by atoms with Gasteiger partial charge in [0.05, 0.1) is 7.11 Å². The highest BCUT2D eigenvalue weighted by atomic mass is 16.5. The van der Waals surface area contributed by atoms with Gasteiger partial charge in [-0.25, -0.2) is 0 Å². The molecule has 196 valence electrons. The third-order valence-corrected chi connectivity index (χ3v) is 7.33. The van der Waals surface area contributed by atoms with Crippen molar-refractivity contribution in [3.8, 4) is 5.75 Å². The minimum absolute atomic E-state index is 0.00652. The van der Waals surface area contributed by atoms with Crippen molar-refractivity contribution in [2.45, 2.75) is 89.3 Å². The lowest BCUT2D eigenvalue weighted by molar-refractivity contribution is -0.122. The summed E-state index contributed by atoms with van der Waals surface area (Å²) in [6.07, 6.45) is 8.50. The van der Waals surface area contributed by atoms with Gasteiger partial charge in [-0.3, -0.25) is 14.5 Å². The molecule has 9 heteroatoms. The molecule has 1 saturated carbocycles. The molecule has 0 spiro atoms. The number of hydrogen-bond acceptors (Lipinski definition) is 7. The van der Waals surface area contributed by atoms with Crippen molar-refractivity contribution in [3.05, 3.63) is 41.5 Å². The molecule has 2 aromatic rings. The summed E-state index contributed by atoms with van der Waals surface area (Å²) in [4.78, 5) is 31.5. The van der Waals surface area contributed by atoms with Crippen molar-refractivity contribution in [3.63, 3.8) is 0 Å². The zero-order valence-electron chi connectivity index (χ0n) is 21.6. The summed E-state index contributed by atoms with van der Waals surface area (Å²) >= 11 is 0. The first kappa shape index (κ1) is 26.1. The van der Waals surface area contributed by atoms with E-state index in [9.17, 15) is 9.59 Å². The summed E-state index contributed by atoms with van der Waals surface area (Å²) in [5.74, 6) is 1.78. The molecule has 0 unspecified atom stereocenters. The molecule has 36 heavy (non-hydrogen) atoms. The number of aromatic nitrogens is 2. The number of methoxy groups -OCH3 is 1. The molecule has 1 aromatic heterocycles. The van der Waals surface area contributed by atoms with Gasteiger partial charge in [0.15, 0.2) is 5.82 Å². The molecule has 2 aliphatic rings. The number of likely N-dealkylation sites (tertiary alicyclic amines) is 1. The zero-order valence-corrected chi connectivity index (χ0v) is 21.6. The van der Waals surface area contributed by atoms with Gasteiger partial charge in [-0.1, -0.05) is 43.0 Å². The maximum absolute atomic E-state index is 12.6. The lowest BCUT2D eigenvalue weighted by Crippen LogP contribution is -2.45. The van der Waals surface area contributed by atoms with Gasteiger partial charge < -0.3 is 19.9 Å². The van der Waals surface area contributed by atoms with Gasteiger partial charge in [0.1, 0.15) is 11.3 Å². The molecule has 2 fully saturated rings. The quantitative estimate of drug-likeness (QED) is 0.511. The highest BCUT2D eigenvalue weighted by molar-refractivity contribution is 5.76. The van der Waals surface area contributed by atoms with E-state index in [0.29, 0.717) is 24.6 Å². The van der Waals surface area contributed by atoms with Crippen molar-refractivity contribution >= 4 is 11.8 Å². The van der Waals surface area contributed by atoms with E-state index in [1.54, 1.807) is 7.11 Å². The van der Waals surface area contributed by atoms with Gasteiger partial charge in [0.2, 0.25) is 17.7 Å².